The van der Waals surface area contributed by atoms with E-state index in [1.54, 1.807) is 0 Å². The molecule has 0 radical (unpaired) electrons. The van der Waals surface area contributed by atoms with E-state index in [1.807, 2.05) is 6.07 Å². The van der Waals surface area contributed by atoms with Crippen LogP contribution in [0.25, 0.3) is 0 Å². The van der Waals surface area contributed by atoms with Gasteiger partial charge in [-0.1, -0.05) is 39.5 Å². The first-order valence-electron chi connectivity index (χ1n) is 6.47. The first kappa shape index (κ1) is 14.3. The van der Waals surface area contributed by atoms with Crippen molar-refractivity contribution in [2.75, 3.05) is 0 Å². The zero-order chi connectivity index (χ0) is 13.5. The minimum atomic E-state index is -0.355. The molecule has 1 rings (SSSR count). The van der Waals surface area contributed by atoms with Crippen molar-refractivity contribution in [1.29, 1.82) is 5.26 Å². The molecule has 1 heterocycles. The topological polar surface area (TPSA) is 76.9 Å². The molecule has 0 fully saturated rings. The zero-order valence-electron chi connectivity index (χ0n) is 11.0. The molecule has 18 heavy (non-hydrogen) atoms. The fourth-order valence-corrected chi connectivity index (χ4v) is 2.14. The van der Waals surface area contributed by atoms with Crippen LogP contribution in [0.15, 0.2) is 10.9 Å². The summed E-state index contributed by atoms with van der Waals surface area (Å²) >= 11 is 0. The summed E-state index contributed by atoms with van der Waals surface area (Å²) in [4.78, 5) is 13.6. The number of H-pyrrole nitrogens is 1. The SMILES string of the molecule is CCCCC(CC)Cc1cc(=O)[nH]c(O)c1C#N. The summed E-state index contributed by atoms with van der Waals surface area (Å²) in [5.74, 6) is 0.142. The van der Waals surface area contributed by atoms with Crippen LogP contribution in [0.1, 0.15) is 50.7 Å². The third-order valence-electron chi connectivity index (χ3n) is 3.27. The van der Waals surface area contributed by atoms with Crippen LogP contribution in [-0.2, 0) is 6.42 Å². The first-order valence-corrected chi connectivity index (χ1v) is 6.47. The molecule has 0 saturated heterocycles. The van der Waals surface area contributed by atoms with Crippen LogP contribution < -0.4 is 5.56 Å². The van der Waals surface area contributed by atoms with Gasteiger partial charge >= 0.3 is 0 Å². The zero-order valence-corrected chi connectivity index (χ0v) is 11.0. The van der Waals surface area contributed by atoms with E-state index in [4.69, 9.17) is 5.26 Å². The van der Waals surface area contributed by atoms with Gasteiger partial charge in [-0.2, -0.15) is 5.26 Å². The van der Waals surface area contributed by atoms with Gasteiger partial charge in [-0.15, -0.1) is 0 Å². The van der Waals surface area contributed by atoms with E-state index < -0.39 is 0 Å². The summed E-state index contributed by atoms with van der Waals surface area (Å²) in [5, 5.41) is 18.6. The second-order valence-corrected chi connectivity index (χ2v) is 4.61. The number of nitrogens with one attached hydrogen (secondary N) is 1. The third kappa shape index (κ3) is 3.63. The van der Waals surface area contributed by atoms with Crippen molar-refractivity contribution >= 4 is 0 Å². The largest absolute Gasteiger partial charge is 0.494 e. The maximum Gasteiger partial charge on any atom is 0.251 e. The molecule has 1 atom stereocenters. The average Bonchev–Trinajstić information content (AvgIpc) is 2.33. The number of nitrogens with zero attached hydrogens (tertiary/aromatic N) is 1. The van der Waals surface area contributed by atoms with Gasteiger partial charge in [-0.3, -0.25) is 9.78 Å². The minimum Gasteiger partial charge on any atom is -0.494 e. The molecular weight excluding hydrogens is 228 g/mol. The van der Waals surface area contributed by atoms with Crippen molar-refractivity contribution in [3.63, 3.8) is 0 Å². The monoisotopic (exact) mass is 248 g/mol. The first-order chi connectivity index (χ1) is 8.62. The van der Waals surface area contributed by atoms with Crippen molar-refractivity contribution in [1.82, 2.24) is 4.98 Å². The Morgan fingerprint density at radius 2 is 2.22 bits per heavy atom. The number of nitriles is 1. The van der Waals surface area contributed by atoms with Crippen LogP contribution in [0.5, 0.6) is 5.88 Å². The molecule has 1 aromatic rings. The van der Waals surface area contributed by atoms with E-state index in [-0.39, 0.29) is 17.0 Å². The summed E-state index contributed by atoms with van der Waals surface area (Å²) in [7, 11) is 0. The Bertz CT molecular complexity index is 486. The Morgan fingerprint density at radius 3 is 2.78 bits per heavy atom. The predicted molar refractivity (Wildman–Crippen MR) is 70.5 cm³/mol. The van der Waals surface area contributed by atoms with E-state index in [1.165, 1.54) is 6.07 Å². The highest BCUT2D eigenvalue weighted by atomic mass is 16.3. The van der Waals surface area contributed by atoms with E-state index in [9.17, 15) is 9.90 Å². The Labute approximate surface area is 107 Å². The number of aromatic hydroxyl groups is 1. The molecule has 1 aromatic heterocycles. The average molecular weight is 248 g/mol. The molecule has 4 nitrogen and oxygen atoms in total. The van der Waals surface area contributed by atoms with Crippen LogP contribution in [0.3, 0.4) is 0 Å². The lowest BCUT2D eigenvalue weighted by atomic mass is 9.90. The predicted octanol–water partition coefficient (Wildman–Crippen LogP) is 2.71. The molecule has 0 saturated carbocycles. The van der Waals surface area contributed by atoms with Gasteiger partial charge < -0.3 is 5.11 Å². The molecular formula is C14H20N2O2. The second-order valence-electron chi connectivity index (χ2n) is 4.61. The molecule has 0 amide bonds. The van der Waals surface area contributed by atoms with Crippen LogP contribution in [-0.4, -0.2) is 10.1 Å². The number of rotatable bonds is 6. The van der Waals surface area contributed by atoms with Crippen LogP contribution in [0.2, 0.25) is 0 Å². The lowest BCUT2D eigenvalue weighted by Gasteiger charge is -2.15. The number of hydrogen-bond donors (Lipinski definition) is 2. The molecule has 1 unspecified atom stereocenters. The van der Waals surface area contributed by atoms with Gasteiger partial charge in [0.05, 0.1) is 0 Å². The number of aromatic amines is 1. The van der Waals surface area contributed by atoms with Crippen LogP contribution in [0, 0.1) is 17.2 Å². The van der Waals surface area contributed by atoms with Crippen molar-refractivity contribution in [2.24, 2.45) is 5.92 Å². The Balaban J connectivity index is 2.95. The lowest BCUT2D eigenvalue weighted by molar-refractivity contribution is 0.436. The molecule has 0 aliphatic heterocycles. The maximum absolute atomic E-state index is 11.3. The highest BCUT2D eigenvalue weighted by molar-refractivity contribution is 5.43. The van der Waals surface area contributed by atoms with E-state index in [0.717, 1.165) is 25.7 Å². The fourth-order valence-electron chi connectivity index (χ4n) is 2.14. The smallest absolute Gasteiger partial charge is 0.251 e. The van der Waals surface area contributed by atoms with Gasteiger partial charge in [0.2, 0.25) is 5.88 Å². The number of hydrogen-bond acceptors (Lipinski definition) is 3. The van der Waals surface area contributed by atoms with Gasteiger partial charge in [0.15, 0.2) is 0 Å². The molecule has 0 aromatic carbocycles. The highest BCUT2D eigenvalue weighted by Crippen LogP contribution is 2.22. The summed E-state index contributed by atoms with van der Waals surface area (Å²) in [6, 6.07) is 3.38. The minimum absolute atomic E-state index is 0.199. The quantitative estimate of drug-likeness (QED) is 0.812. The van der Waals surface area contributed by atoms with Crippen LogP contribution >= 0.6 is 0 Å². The van der Waals surface area contributed by atoms with Crippen molar-refractivity contribution in [2.45, 2.75) is 46.0 Å². The molecule has 0 aliphatic carbocycles. The number of aromatic nitrogens is 1. The summed E-state index contributed by atoms with van der Waals surface area (Å²) in [6.07, 6.45) is 5.07. The molecule has 98 valence electrons. The van der Waals surface area contributed by atoms with Gasteiger partial charge in [-0.05, 0) is 17.9 Å². The number of unbranched alkanes of at least 4 members (excludes halogenated alkanes) is 1. The summed E-state index contributed by atoms with van der Waals surface area (Å²) < 4.78 is 0. The van der Waals surface area contributed by atoms with Crippen LogP contribution in [0.4, 0.5) is 0 Å². The Hall–Kier alpha value is -1.76. The number of pyridine rings is 1. The molecule has 4 heteroatoms. The van der Waals surface area contributed by atoms with Crippen molar-refractivity contribution < 1.29 is 5.11 Å². The summed E-state index contributed by atoms with van der Waals surface area (Å²) in [5.41, 5.74) is 0.498. The normalized spacial score (nSPS) is 12.1. The fraction of sp³-hybridized carbons (Fsp3) is 0.571. The van der Waals surface area contributed by atoms with E-state index in [2.05, 4.69) is 18.8 Å². The lowest BCUT2D eigenvalue weighted by Crippen LogP contribution is -2.12. The highest BCUT2D eigenvalue weighted by Gasteiger charge is 2.14. The maximum atomic E-state index is 11.3. The van der Waals surface area contributed by atoms with E-state index in [0.29, 0.717) is 17.9 Å². The Kier molecular flexibility index (Phi) is 5.44. The van der Waals surface area contributed by atoms with Crippen molar-refractivity contribution in [3.05, 3.63) is 27.5 Å². The van der Waals surface area contributed by atoms with Gasteiger partial charge in [-0.25, -0.2) is 0 Å². The van der Waals surface area contributed by atoms with Crippen molar-refractivity contribution in [3.8, 4) is 11.9 Å². The van der Waals surface area contributed by atoms with Gasteiger partial charge in [0, 0.05) is 6.07 Å². The van der Waals surface area contributed by atoms with Gasteiger partial charge in [0.25, 0.3) is 5.56 Å². The van der Waals surface area contributed by atoms with Gasteiger partial charge in [0.1, 0.15) is 11.6 Å². The Morgan fingerprint density at radius 1 is 1.50 bits per heavy atom. The third-order valence-corrected chi connectivity index (χ3v) is 3.27. The molecule has 2 N–H and O–H groups in total. The van der Waals surface area contributed by atoms with E-state index >= 15 is 0 Å². The second kappa shape index (κ2) is 6.85. The molecule has 0 aliphatic rings. The summed E-state index contributed by atoms with van der Waals surface area (Å²) in [6.45, 7) is 4.26. The molecule has 0 spiro atoms. The standard InChI is InChI=1S/C14H20N2O2/c1-3-5-6-10(4-2)7-11-8-13(17)16-14(18)12(11)9-15/h8,10H,3-7H2,1-2H3,(H2,16,17,18). The molecule has 0 bridgehead atoms.